The third kappa shape index (κ3) is 2.47. The van der Waals surface area contributed by atoms with Gasteiger partial charge in [-0.2, -0.15) is 0 Å². The number of rotatable bonds is 1. The van der Waals surface area contributed by atoms with Crippen LogP contribution in [0.4, 0.5) is 0 Å². The quantitative estimate of drug-likeness (QED) is 0.772. The number of ketones is 1. The number of thiocarbonyl (C=S) groups is 1. The molecule has 0 bridgehead atoms. The maximum Gasteiger partial charge on any atom is 0.231 e. The van der Waals surface area contributed by atoms with Crippen LogP contribution in [0.1, 0.15) is 38.3 Å². The summed E-state index contributed by atoms with van der Waals surface area (Å²) in [6, 6.07) is 5.52. The fourth-order valence-electron chi connectivity index (χ4n) is 3.50. The molecule has 0 fully saturated rings. The Kier molecular flexibility index (Phi) is 3.13. The van der Waals surface area contributed by atoms with Crippen LogP contribution in [0.2, 0.25) is 0 Å². The molecule has 1 aromatic carbocycles. The van der Waals surface area contributed by atoms with Crippen LogP contribution in [0.25, 0.3) is 0 Å². The smallest absolute Gasteiger partial charge is 0.231 e. The molecule has 1 aromatic rings. The Balaban J connectivity index is 1.78. The van der Waals surface area contributed by atoms with Gasteiger partial charge in [0.2, 0.25) is 6.79 Å². The molecule has 5 nitrogen and oxygen atoms in total. The van der Waals surface area contributed by atoms with E-state index in [1.807, 2.05) is 18.2 Å². The van der Waals surface area contributed by atoms with E-state index < -0.39 is 0 Å². The first-order chi connectivity index (χ1) is 10.9. The first kappa shape index (κ1) is 14.5. The monoisotopic (exact) mass is 330 g/mol. The van der Waals surface area contributed by atoms with E-state index in [-0.39, 0.29) is 24.0 Å². The summed E-state index contributed by atoms with van der Waals surface area (Å²) in [6.07, 6.45) is 1.36. The molecule has 0 saturated carbocycles. The number of nitrogens with one attached hydrogen (secondary N) is 2. The van der Waals surface area contributed by atoms with Crippen LogP contribution in [0.15, 0.2) is 29.5 Å². The molecule has 4 rings (SSSR count). The molecule has 0 saturated heterocycles. The lowest BCUT2D eigenvalue weighted by atomic mass is 9.73. The van der Waals surface area contributed by atoms with Gasteiger partial charge in [0.1, 0.15) is 0 Å². The van der Waals surface area contributed by atoms with E-state index in [0.717, 1.165) is 29.0 Å². The molecule has 2 heterocycles. The number of benzene rings is 1. The average Bonchev–Trinajstić information content (AvgIpc) is 2.91. The van der Waals surface area contributed by atoms with Gasteiger partial charge in [0.05, 0.1) is 6.04 Å². The molecule has 1 unspecified atom stereocenters. The number of allylic oxidation sites excluding steroid dienone is 1. The fraction of sp³-hybridized carbons (Fsp3) is 0.412. The third-order valence-corrected chi connectivity index (χ3v) is 4.70. The van der Waals surface area contributed by atoms with Crippen molar-refractivity contribution >= 4 is 23.1 Å². The highest BCUT2D eigenvalue weighted by Crippen LogP contribution is 2.43. The van der Waals surface area contributed by atoms with E-state index in [4.69, 9.17) is 21.7 Å². The maximum atomic E-state index is 12.7. The second kappa shape index (κ2) is 4.96. The Morgan fingerprint density at radius 3 is 2.83 bits per heavy atom. The largest absolute Gasteiger partial charge is 0.454 e. The van der Waals surface area contributed by atoms with Crippen LogP contribution in [0.3, 0.4) is 0 Å². The minimum absolute atomic E-state index is 0.0463. The molecule has 2 N–H and O–H groups in total. The molecule has 23 heavy (non-hydrogen) atoms. The highest BCUT2D eigenvalue weighted by atomic mass is 32.1. The second-order valence-corrected chi connectivity index (χ2v) is 7.39. The van der Waals surface area contributed by atoms with Crippen molar-refractivity contribution in [1.29, 1.82) is 0 Å². The molecule has 2 aliphatic heterocycles. The van der Waals surface area contributed by atoms with Crippen molar-refractivity contribution in [2.45, 2.75) is 32.7 Å². The minimum Gasteiger partial charge on any atom is -0.454 e. The highest BCUT2D eigenvalue weighted by Gasteiger charge is 2.39. The van der Waals surface area contributed by atoms with Crippen LogP contribution >= 0.6 is 12.2 Å². The fourth-order valence-corrected chi connectivity index (χ4v) is 3.74. The van der Waals surface area contributed by atoms with Crippen molar-refractivity contribution in [2.75, 3.05) is 6.79 Å². The Labute approximate surface area is 140 Å². The standard InChI is InChI=1S/C17H18N2O3S/c1-17(2)6-10-14(11(20)7-17)15(19-16(23)18-10)9-3-4-12-13(5-9)22-8-21-12/h3-5,15H,6-8H2,1-2H3,(H2,18,19,23). The average molecular weight is 330 g/mol. The van der Waals surface area contributed by atoms with Gasteiger partial charge in [-0.1, -0.05) is 19.9 Å². The van der Waals surface area contributed by atoms with Gasteiger partial charge < -0.3 is 20.1 Å². The topological polar surface area (TPSA) is 59.6 Å². The molecule has 120 valence electrons. The number of carbonyl (C=O) groups excluding carboxylic acids is 1. The van der Waals surface area contributed by atoms with Crippen molar-refractivity contribution in [1.82, 2.24) is 10.6 Å². The lowest BCUT2D eigenvalue weighted by Crippen LogP contribution is -2.48. The lowest BCUT2D eigenvalue weighted by molar-refractivity contribution is -0.118. The van der Waals surface area contributed by atoms with Gasteiger partial charge in [-0.3, -0.25) is 4.79 Å². The van der Waals surface area contributed by atoms with E-state index in [9.17, 15) is 4.79 Å². The Morgan fingerprint density at radius 2 is 2.00 bits per heavy atom. The van der Waals surface area contributed by atoms with E-state index in [2.05, 4.69) is 24.5 Å². The number of ether oxygens (including phenoxy) is 2. The van der Waals surface area contributed by atoms with Crippen molar-refractivity contribution in [3.8, 4) is 11.5 Å². The zero-order valence-electron chi connectivity index (χ0n) is 13.1. The number of carbonyl (C=O) groups is 1. The number of hydrogen-bond donors (Lipinski definition) is 2. The summed E-state index contributed by atoms with van der Waals surface area (Å²) in [5.41, 5.74) is 2.64. The summed E-state index contributed by atoms with van der Waals surface area (Å²) in [6.45, 7) is 4.45. The summed E-state index contributed by atoms with van der Waals surface area (Å²) >= 11 is 5.34. The minimum atomic E-state index is -0.239. The zero-order chi connectivity index (χ0) is 16.2. The SMILES string of the molecule is CC1(C)CC(=O)C2=C(C1)NC(=S)NC2c1ccc2c(c1)OCO2. The highest BCUT2D eigenvalue weighted by molar-refractivity contribution is 7.80. The predicted octanol–water partition coefficient (Wildman–Crippen LogP) is 2.58. The van der Waals surface area contributed by atoms with Gasteiger partial charge in [-0.15, -0.1) is 0 Å². The van der Waals surface area contributed by atoms with Crippen LogP contribution < -0.4 is 20.1 Å². The molecular formula is C17H18N2O3S. The van der Waals surface area contributed by atoms with Gasteiger partial charge in [-0.05, 0) is 41.7 Å². The number of fused-ring (bicyclic) bond motifs is 1. The van der Waals surface area contributed by atoms with E-state index in [1.165, 1.54) is 0 Å². The second-order valence-electron chi connectivity index (χ2n) is 6.98. The first-order valence-electron chi connectivity index (χ1n) is 7.66. The predicted molar refractivity (Wildman–Crippen MR) is 89.2 cm³/mol. The summed E-state index contributed by atoms with van der Waals surface area (Å²) in [4.78, 5) is 12.7. The van der Waals surface area contributed by atoms with Crippen molar-refractivity contribution in [3.05, 3.63) is 35.0 Å². The Bertz CT molecular complexity index is 754. The van der Waals surface area contributed by atoms with Crippen molar-refractivity contribution in [3.63, 3.8) is 0 Å². The summed E-state index contributed by atoms with van der Waals surface area (Å²) in [5, 5.41) is 6.96. The van der Waals surface area contributed by atoms with Gasteiger partial charge in [-0.25, -0.2) is 0 Å². The van der Waals surface area contributed by atoms with E-state index >= 15 is 0 Å². The molecule has 0 aromatic heterocycles. The first-order valence-corrected chi connectivity index (χ1v) is 8.07. The normalized spacial score (nSPS) is 24.9. The van der Waals surface area contributed by atoms with Gasteiger partial charge >= 0.3 is 0 Å². The van der Waals surface area contributed by atoms with Crippen LogP contribution in [0, 0.1) is 5.41 Å². The molecule has 6 heteroatoms. The van der Waals surface area contributed by atoms with Crippen molar-refractivity contribution < 1.29 is 14.3 Å². The van der Waals surface area contributed by atoms with Crippen molar-refractivity contribution in [2.24, 2.45) is 5.41 Å². The van der Waals surface area contributed by atoms with Gasteiger partial charge in [0.15, 0.2) is 22.4 Å². The van der Waals surface area contributed by atoms with E-state index in [0.29, 0.717) is 17.3 Å². The Morgan fingerprint density at radius 1 is 1.22 bits per heavy atom. The zero-order valence-corrected chi connectivity index (χ0v) is 13.9. The summed E-state index contributed by atoms with van der Waals surface area (Å²) in [5.74, 6) is 1.61. The summed E-state index contributed by atoms with van der Waals surface area (Å²) in [7, 11) is 0. The van der Waals surface area contributed by atoms with Gasteiger partial charge in [0, 0.05) is 17.7 Å². The van der Waals surface area contributed by atoms with E-state index in [1.54, 1.807) is 0 Å². The maximum absolute atomic E-state index is 12.7. The molecule has 1 atom stereocenters. The number of hydrogen-bond acceptors (Lipinski definition) is 4. The van der Waals surface area contributed by atoms with Crippen LogP contribution in [-0.2, 0) is 4.79 Å². The molecular weight excluding hydrogens is 312 g/mol. The van der Waals surface area contributed by atoms with Crippen LogP contribution in [-0.4, -0.2) is 17.7 Å². The van der Waals surface area contributed by atoms with Crippen LogP contribution in [0.5, 0.6) is 11.5 Å². The molecule has 3 aliphatic rings. The Hall–Kier alpha value is -2.08. The third-order valence-electron chi connectivity index (χ3n) is 4.48. The molecule has 1 aliphatic carbocycles. The molecule has 0 amide bonds. The molecule has 0 spiro atoms. The van der Waals surface area contributed by atoms with Gasteiger partial charge in [0.25, 0.3) is 0 Å². The lowest BCUT2D eigenvalue weighted by Gasteiger charge is -2.39. The summed E-state index contributed by atoms with van der Waals surface area (Å²) < 4.78 is 10.8. The number of Topliss-reactive ketones (excluding diaryl/α,β-unsaturated/α-hetero) is 1. The molecule has 0 radical (unpaired) electrons.